The molecule has 0 aromatic heterocycles. The highest BCUT2D eigenvalue weighted by Gasteiger charge is 2.15. The molecule has 0 aromatic carbocycles. The summed E-state index contributed by atoms with van der Waals surface area (Å²) in [6, 6.07) is 0.0846. The summed E-state index contributed by atoms with van der Waals surface area (Å²) < 4.78 is 4.95. The normalized spacial score (nSPS) is 22.0. The van der Waals surface area contributed by atoms with Gasteiger partial charge < -0.3 is 15.4 Å². The second-order valence-electron chi connectivity index (χ2n) is 4.28. The predicted molar refractivity (Wildman–Crippen MR) is 67.8 cm³/mol. The van der Waals surface area contributed by atoms with E-state index in [1.165, 1.54) is 17.9 Å². The molecule has 2 unspecified atom stereocenters. The maximum atomic E-state index is 11.5. The summed E-state index contributed by atoms with van der Waals surface area (Å²) in [7, 11) is 1.64. The van der Waals surface area contributed by atoms with Crippen LogP contribution in [0.2, 0.25) is 0 Å². The van der Waals surface area contributed by atoms with Crippen molar-refractivity contribution in [3.8, 4) is 0 Å². The molecule has 1 aliphatic rings. The minimum absolute atomic E-state index is 0.0511. The van der Waals surface area contributed by atoms with Crippen LogP contribution in [0.15, 0.2) is 0 Å². The van der Waals surface area contributed by atoms with Crippen LogP contribution in [0, 0.1) is 5.92 Å². The first-order chi connectivity index (χ1) is 7.72. The molecule has 0 bridgehead atoms. The molecule has 1 heterocycles. The lowest BCUT2D eigenvalue weighted by molar-refractivity contribution is -0.121. The number of carbonyl (C=O) groups is 1. The molecule has 0 spiro atoms. The fraction of sp³-hybridized carbons (Fsp3) is 0.909. The van der Waals surface area contributed by atoms with Gasteiger partial charge in [0.2, 0.25) is 5.91 Å². The summed E-state index contributed by atoms with van der Waals surface area (Å²) in [5.74, 6) is 3.29. The van der Waals surface area contributed by atoms with Crippen molar-refractivity contribution in [2.45, 2.75) is 19.4 Å². The van der Waals surface area contributed by atoms with Crippen molar-refractivity contribution in [2.75, 3.05) is 38.3 Å². The molecule has 1 rings (SSSR count). The average molecular weight is 246 g/mol. The van der Waals surface area contributed by atoms with Crippen molar-refractivity contribution >= 4 is 17.7 Å². The van der Waals surface area contributed by atoms with Gasteiger partial charge in [0.1, 0.15) is 0 Å². The first-order valence-corrected chi connectivity index (χ1v) is 6.94. The molecule has 5 heteroatoms. The third kappa shape index (κ3) is 5.72. The smallest absolute Gasteiger partial charge is 0.234 e. The van der Waals surface area contributed by atoms with Gasteiger partial charge in [-0.1, -0.05) is 0 Å². The second kappa shape index (κ2) is 7.92. The number of ether oxygens (including phenoxy) is 1. The number of methoxy groups -OCH3 is 1. The highest BCUT2D eigenvalue weighted by atomic mass is 32.2. The summed E-state index contributed by atoms with van der Waals surface area (Å²) in [4.78, 5) is 11.5. The molecule has 4 nitrogen and oxygen atoms in total. The van der Waals surface area contributed by atoms with Gasteiger partial charge in [0.15, 0.2) is 0 Å². The number of nitrogens with one attached hydrogen (secondary N) is 2. The predicted octanol–water partition coefficient (Wildman–Crippen LogP) is 0.480. The minimum Gasteiger partial charge on any atom is -0.383 e. The van der Waals surface area contributed by atoms with Gasteiger partial charge in [-0.15, -0.1) is 0 Å². The van der Waals surface area contributed by atoms with Crippen LogP contribution in [0.3, 0.4) is 0 Å². The Labute approximate surface area is 102 Å². The number of hydrogen-bond donors (Lipinski definition) is 2. The van der Waals surface area contributed by atoms with Gasteiger partial charge in [0.05, 0.1) is 13.2 Å². The number of hydrogen-bond acceptors (Lipinski definition) is 4. The van der Waals surface area contributed by atoms with Crippen LogP contribution in [0.5, 0.6) is 0 Å². The van der Waals surface area contributed by atoms with E-state index in [1.54, 1.807) is 7.11 Å². The molecular weight excluding hydrogens is 224 g/mol. The van der Waals surface area contributed by atoms with Crippen LogP contribution < -0.4 is 10.6 Å². The molecule has 1 aliphatic heterocycles. The van der Waals surface area contributed by atoms with Gasteiger partial charge in [0, 0.05) is 13.2 Å². The largest absolute Gasteiger partial charge is 0.383 e. The highest BCUT2D eigenvalue weighted by Crippen LogP contribution is 2.22. The van der Waals surface area contributed by atoms with Crippen molar-refractivity contribution in [1.82, 2.24) is 10.6 Å². The highest BCUT2D eigenvalue weighted by molar-refractivity contribution is 7.99. The van der Waals surface area contributed by atoms with Gasteiger partial charge in [-0.3, -0.25) is 4.79 Å². The number of amides is 1. The third-order valence-electron chi connectivity index (χ3n) is 2.57. The van der Waals surface area contributed by atoms with Crippen molar-refractivity contribution in [3.63, 3.8) is 0 Å². The molecule has 94 valence electrons. The average Bonchev–Trinajstić information content (AvgIpc) is 2.70. The molecule has 0 aliphatic carbocycles. The molecule has 0 aromatic rings. The van der Waals surface area contributed by atoms with E-state index in [1.807, 2.05) is 18.7 Å². The van der Waals surface area contributed by atoms with Gasteiger partial charge in [-0.05, 0) is 37.3 Å². The SMILES string of the molecule is COCC(C)NC(=O)CNCC1CCSC1. The first kappa shape index (κ1) is 13.8. The Kier molecular flexibility index (Phi) is 6.84. The molecule has 2 atom stereocenters. The quantitative estimate of drug-likeness (QED) is 0.686. The maximum Gasteiger partial charge on any atom is 0.234 e. The van der Waals surface area contributed by atoms with Crippen LogP contribution in [-0.2, 0) is 9.53 Å². The Bertz CT molecular complexity index is 208. The molecule has 16 heavy (non-hydrogen) atoms. The lowest BCUT2D eigenvalue weighted by atomic mass is 10.1. The number of rotatable bonds is 7. The van der Waals surface area contributed by atoms with E-state index >= 15 is 0 Å². The van der Waals surface area contributed by atoms with Gasteiger partial charge >= 0.3 is 0 Å². The van der Waals surface area contributed by atoms with E-state index in [9.17, 15) is 4.79 Å². The Balaban J connectivity index is 2.01. The van der Waals surface area contributed by atoms with Crippen molar-refractivity contribution in [2.24, 2.45) is 5.92 Å². The van der Waals surface area contributed by atoms with E-state index in [4.69, 9.17) is 4.74 Å². The maximum absolute atomic E-state index is 11.5. The fourth-order valence-corrected chi connectivity index (χ4v) is 3.04. The van der Waals surface area contributed by atoms with Crippen LogP contribution >= 0.6 is 11.8 Å². The molecule has 1 amide bonds. The lowest BCUT2D eigenvalue weighted by Gasteiger charge is -2.14. The number of carbonyl (C=O) groups excluding carboxylic acids is 1. The topological polar surface area (TPSA) is 50.4 Å². The molecule has 1 saturated heterocycles. The summed E-state index contributed by atoms with van der Waals surface area (Å²) in [6.45, 7) is 3.87. The number of thioether (sulfide) groups is 1. The Morgan fingerprint density at radius 2 is 2.44 bits per heavy atom. The fourth-order valence-electron chi connectivity index (χ4n) is 1.75. The third-order valence-corrected chi connectivity index (χ3v) is 3.80. The zero-order valence-corrected chi connectivity index (χ0v) is 10.9. The Morgan fingerprint density at radius 1 is 1.62 bits per heavy atom. The molecule has 0 saturated carbocycles. The van der Waals surface area contributed by atoms with Gasteiger partial charge in [0.25, 0.3) is 0 Å². The minimum atomic E-state index is 0.0511. The van der Waals surface area contributed by atoms with E-state index in [0.717, 1.165) is 12.5 Å². The molecule has 0 radical (unpaired) electrons. The van der Waals surface area contributed by atoms with E-state index in [-0.39, 0.29) is 11.9 Å². The molecular formula is C11H22N2O2S. The van der Waals surface area contributed by atoms with Gasteiger partial charge in [-0.25, -0.2) is 0 Å². The van der Waals surface area contributed by atoms with Gasteiger partial charge in [-0.2, -0.15) is 11.8 Å². The lowest BCUT2D eigenvalue weighted by Crippen LogP contribution is -2.41. The van der Waals surface area contributed by atoms with E-state index < -0.39 is 0 Å². The first-order valence-electron chi connectivity index (χ1n) is 5.79. The van der Waals surface area contributed by atoms with Crippen molar-refractivity contribution < 1.29 is 9.53 Å². The van der Waals surface area contributed by atoms with Crippen LogP contribution in [0.4, 0.5) is 0 Å². The van der Waals surface area contributed by atoms with Crippen molar-refractivity contribution in [3.05, 3.63) is 0 Å². The van der Waals surface area contributed by atoms with E-state index in [0.29, 0.717) is 13.2 Å². The summed E-state index contributed by atoms with van der Waals surface area (Å²) in [5.41, 5.74) is 0. The monoisotopic (exact) mass is 246 g/mol. The molecule has 1 fully saturated rings. The van der Waals surface area contributed by atoms with Crippen LogP contribution in [0.25, 0.3) is 0 Å². The summed E-state index contributed by atoms with van der Waals surface area (Å²) in [5, 5.41) is 6.08. The zero-order chi connectivity index (χ0) is 11.8. The Morgan fingerprint density at radius 3 is 3.06 bits per heavy atom. The van der Waals surface area contributed by atoms with Crippen molar-refractivity contribution in [1.29, 1.82) is 0 Å². The van der Waals surface area contributed by atoms with E-state index in [2.05, 4.69) is 10.6 Å². The second-order valence-corrected chi connectivity index (χ2v) is 5.43. The van der Waals surface area contributed by atoms with Crippen LogP contribution in [0.1, 0.15) is 13.3 Å². The zero-order valence-electron chi connectivity index (χ0n) is 10.1. The Hall–Kier alpha value is -0.260. The standard InChI is InChI=1S/C11H22N2O2S/c1-9(7-15-2)13-11(14)6-12-5-10-3-4-16-8-10/h9-10,12H,3-8H2,1-2H3,(H,13,14). The summed E-state index contributed by atoms with van der Waals surface area (Å²) >= 11 is 2.00. The van der Waals surface area contributed by atoms with Crippen LogP contribution in [-0.4, -0.2) is 50.3 Å². The summed E-state index contributed by atoms with van der Waals surface area (Å²) in [6.07, 6.45) is 1.28. The molecule has 2 N–H and O–H groups in total.